The molecule has 2 aliphatic rings. The summed E-state index contributed by atoms with van der Waals surface area (Å²) in [6.07, 6.45) is 9.56. The number of hydrogen-bond acceptors (Lipinski definition) is 3. The molecule has 2 aliphatic heterocycles. The first-order chi connectivity index (χ1) is 11.4. The second-order valence-corrected chi connectivity index (χ2v) is 6.97. The summed E-state index contributed by atoms with van der Waals surface area (Å²) in [6, 6.07) is -0.561. The Labute approximate surface area is 145 Å². The van der Waals surface area contributed by atoms with Gasteiger partial charge in [0.2, 0.25) is 11.8 Å². The van der Waals surface area contributed by atoms with E-state index in [0.29, 0.717) is 18.5 Å². The number of carbonyl (C=O) groups is 3. The third-order valence-corrected chi connectivity index (χ3v) is 4.49. The molecule has 6 heteroatoms. The number of nitrogens with zero attached hydrogens (tertiary/aromatic N) is 1. The number of hydrogen-bond donors (Lipinski definition) is 1. The van der Waals surface area contributed by atoms with Crippen molar-refractivity contribution < 1.29 is 14.4 Å². The third-order valence-electron chi connectivity index (χ3n) is 4.09. The Bertz CT molecular complexity index is 630. The molecular formula is C18H25N2O3P. The summed E-state index contributed by atoms with van der Waals surface area (Å²) in [6.45, 7) is 4.39. The van der Waals surface area contributed by atoms with Crippen molar-refractivity contribution in [1.82, 2.24) is 10.2 Å². The molecule has 0 bridgehead atoms. The molecule has 0 aliphatic carbocycles. The highest BCUT2D eigenvalue weighted by Crippen LogP contribution is 2.27. The van der Waals surface area contributed by atoms with E-state index in [2.05, 4.69) is 14.6 Å². The van der Waals surface area contributed by atoms with E-state index in [-0.39, 0.29) is 24.1 Å². The Balaban J connectivity index is 2.20. The number of imide groups is 1. The van der Waals surface area contributed by atoms with Gasteiger partial charge >= 0.3 is 0 Å². The SMILES string of the molecule is CC(C)=CC1=C(/C=C\CCCP)C(=O)N(C2CCC(=O)NC2=O)C1. The van der Waals surface area contributed by atoms with Crippen LogP contribution in [-0.4, -0.2) is 41.4 Å². The lowest BCUT2D eigenvalue weighted by Gasteiger charge is -2.29. The van der Waals surface area contributed by atoms with E-state index in [4.69, 9.17) is 0 Å². The van der Waals surface area contributed by atoms with Crippen LogP contribution in [0.2, 0.25) is 0 Å². The fourth-order valence-corrected chi connectivity index (χ4v) is 3.19. The molecule has 0 aromatic carbocycles. The first-order valence-corrected chi connectivity index (χ1v) is 9.15. The van der Waals surface area contributed by atoms with E-state index < -0.39 is 6.04 Å². The van der Waals surface area contributed by atoms with Gasteiger partial charge in [-0.1, -0.05) is 23.8 Å². The van der Waals surface area contributed by atoms with E-state index in [9.17, 15) is 14.4 Å². The fraction of sp³-hybridized carbons (Fsp3) is 0.500. The summed E-state index contributed by atoms with van der Waals surface area (Å²) in [4.78, 5) is 37.8. The van der Waals surface area contributed by atoms with Gasteiger partial charge in [0.1, 0.15) is 6.04 Å². The zero-order chi connectivity index (χ0) is 17.7. The van der Waals surface area contributed by atoms with Crippen molar-refractivity contribution in [3.63, 3.8) is 0 Å². The van der Waals surface area contributed by atoms with Gasteiger partial charge in [-0.2, -0.15) is 0 Å². The molecule has 3 amide bonds. The predicted molar refractivity (Wildman–Crippen MR) is 97.3 cm³/mol. The van der Waals surface area contributed by atoms with E-state index in [0.717, 1.165) is 30.1 Å². The summed E-state index contributed by atoms with van der Waals surface area (Å²) in [5, 5.41) is 2.33. The van der Waals surface area contributed by atoms with Crippen LogP contribution in [0.25, 0.3) is 0 Å². The van der Waals surface area contributed by atoms with E-state index >= 15 is 0 Å². The van der Waals surface area contributed by atoms with Crippen LogP contribution in [0.4, 0.5) is 0 Å². The van der Waals surface area contributed by atoms with Crippen molar-refractivity contribution in [3.8, 4) is 0 Å². The summed E-state index contributed by atoms with van der Waals surface area (Å²) in [7, 11) is 2.69. The van der Waals surface area contributed by atoms with E-state index in [1.165, 1.54) is 0 Å². The Morgan fingerprint density at radius 3 is 2.71 bits per heavy atom. The second-order valence-electron chi connectivity index (χ2n) is 6.39. The fourth-order valence-electron chi connectivity index (χ4n) is 2.95. The molecule has 1 N–H and O–H groups in total. The van der Waals surface area contributed by atoms with Crippen LogP contribution < -0.4 is 5.32 Å². The Kier molecular flexibility index (Phi) is 6.50. The van der Waals surface area contributed by atoms with Gasteiger partial charge in [-0.3, -0.25) is 19.7 Å². The predicted octanol–water partition coefficient (Wildman–Crippen LogP) is 2.11. The summed E-state index contributed by atoms with van der Waals surface area (Å²) in [5.74, 6) is -0.763. The molecule has 2 unspecified atom stereocenters. The van der Waals surface area contributed by atoms with Gasteiger partial charge in [-0.15, -0.1) is 9.24 Å². The molecule has 0 radical (unpaired) electrons. The quantitative estimate of drug-likeness (QED) is 0.454. The maximum Gasteiger partial charge on any atom is 0.255 e. The number of nitrogens with one attached hydrogen (secondary N) is 1. The van der Waals surface area contributed by atoms with Crippen molar-refractivity contribution in [1.29, 1.82) is 0 Å². The molecule has 1 fully saturated rings. The Morgan fingerprint density at radius 1 is 1.33 bits per heavy atom. The summed E-state index contributed by atoms with van der Waals surface area (Å²) < 4.78 is 0. The van der Waals surface area contributed by atoms with E-state index in [1.807, 2.05) is 32.1 Å². The van der Waals surface area contributed by atoms with Crippen LogP contribution in [-0.2, 0) is 14.4 Å². The van der Waals surface area contributed by atoms with Crippen molar-refractivity contribution in [3.05, 3.63) is 34.9 Å². The van der Waals surface area contributed by atoms with Gasteiger partial charge in [-0.05, 0) is 44.8 Å². The van der Waals surface area contributed by atoms with Gasteiger partial charge in [0.05, 0.1) is 0 Å². The molecule has 1 saturated heterocycles. The molecule has 2 atom stereocenters. The number of allylic oxidation sites excluding steroid dienone is 2. The number of unbranched alkanes of at least 4 members (excludes halogenated alkanes) is 1. The number of piperidine rings is 1. The minimum Gasteiger partial charge on any atom is -0.322 e. The second kappa shape index (κ2) is 8.39. The number of rotatable bonds is 6. The highest BCUT2D eigenvalue weighted by atomic mass is 31.0. The molecule has 0 spiro atoms. The third kappa shape index (κ3) is 4.41. The molecule has 0 aromatic heterocycles. The van der Waals surface area contributed by atoms with Crippen molar-refractivity contribution >= 4 is 27.0 Å². The van der Waals surface area contributed by atoms with Crippen LogP contribution in [0.1, 0.15) is 39.5 Å². The lowest BCUT2D eigenvalue weighted by Crippen LogP contribution is -2.53. The lowest BCUT2D eigenvalue weighted by molar-refractivity contribution is -0.142. The molecular weight excluding hydrogens is 323 g/mol. The van der Waals surface area contributed by atoms with Crippen LogP contribution in [0, 0.1) is 0 Å². The first-order valence-electron chi connectivity index (χ1n) is 8.33. The molecule has 2 rings (SSSR count). The van der Waals surface area contributed by atoms with Crippen LogP contribution in [0.5, 0.6) is 0 Å². The molecule has 5 nitrogen and oxygen atoms in total. The number of carbonyl (C=O) groups excluding carboxylic acids is 3. The van der Waals surface area contributed by atoms with Crippen LogP contribution >= 0.6 is 9.24 Å². The molecule has 0 saturated carbocycles. The maximum atomic E-state index is 12.8. The smallest absolute Gasteiger partial charge is 0.255 e. The summed E-state index contributed by atoms with van der Waals surface area (Å²) >= 11 is 0. The van der Waals surface area contributed by atoms with Gasteiger partial charge in [-0.25, -0.2) is 0 Å². The van der Waals surface area contributed by atoms with Crippen LogP contribution in [0.15, 0.2) is 34.9 Å². The Morgan fingerprint density at radius 2 is 2.08 bits per heavy atom. The van der Waals surface area contributed by atoms with Gasteiger partial charge < -0.3 is 4.90 Å². The van der Waals surface area contributed by atoms with Crippen molar-refractivity contribution in [2.75, 3.05) is 12.7 Å². The standard InChI is InChI=1S/C18H25N2O3P/c1-12(2)10-13-11-20(15-7-8-16(21)19-17(15)22)18(23)14(13)6-4-3-5-9-24/h4,6,10,15H,3,5,7-9,11,24H2,1-2H3,(H,19,21,22)/b6-4-. The zero-order valence-corrected chi connectivity index (χ0v) is 15.5. The average Bonchev–Trinajstić information content (AvgIpc) is 2.79. The van der Waals surface area contributed by atoms with Gasteiger partial charge in [0, 0.05) is 18.5 Å². The normalized spacial score (nSPS) is 21.7. The molecule has 130 valence electrons. The summed E-state index contributed by atoms with van der Waals surface area (Å²) in [5.41, 5.74) is 2.70. The molecule has 0 aromatic rings. The molecule has 24 heavy (non-hydrogen) atoms. The van der Waals surface area contributed by atoms with Gasteiger partial charge in [0.15, 0.2) is 0 Å². The highest BCUT2D eigenvalue weighted by Gasteiger charge is 2.39. The van der Waals surface area contributed by atoms with Crippen LogP contribution in [0.3, 0.4) is 0 Å². The highest BCUT2D eigenvalue weighted by molar-refractivity contribution is 7.16. The zero-order valence-electron chi connectivity index (χ0n) is 14.3. The van der Waals surface area contributed by atoms with Gasteiger partial charge in [0.25, 0.3) is 5.91 Å². The van der Waals surface area contributed by atoms with Crippen molar-refractivity contribution in [2.45, 2.75) is 45.6 Å². The Hall–Kier alpha value is -1.74. The minimum absolute atomic E-state index is 0.126. The first kappa shape index (κ1) is 18.6. The topological polar surface area (TPSA) is 66.5 Å². The monoisotopic (exact) mass is 348 g/mol. The number of amides is 3. The minimum atomic E-state index is -0.561. The molecule has 2 heterocycles. The van der Waals surface area contributed by atoms with Crippen molar-refractivity contribution in [2.24, 2.45) is 0 Å². The maximum absolute atomic E-state index is 12.8. The largest absolute Gasteiger partial charge is 0.322 e. The lowest BCUT2D eigenvalue weighted by atomic mass is 10.0. The van der Waals surface area contributed by atoms with E-state index in [1.54, 1.807) is 4.90 Å². The average molecular weight is 348 g/mol.